The average Bonchev–Trinajstić information content (AvgIpc) is 2.79. The van der Waals surface area contributed by atoms with E-state index in [1.807, 2.05) is 86.7 Å². The number of nitriles is 1. The summed E-state index contributed by atoms with van der Waals surface area (Å²) in [4.78, 5) is 9.55. The van der Waals surface area contributed by atoms with Crippen molar-refractivity contribution in [3.8, 4) is 28.6 Å². The highest BCUT2D eigenvalue weighted by Crippen LogP contribution is 2.35. The van der Waals surface area contributed by atoms with E-state index in [-0.39, 0.29) is 5.69 Å². The van der Waals surface area contributed by atoms with Gasteiger partial charge in [0.05, 0.1) is 11.4 Å². The molecule has 4 nitrogen and oxygen atoms in total. The van der Waals surface area contributed by atoms with Gasteiger partial charge < -0.3 is 5.32 Å². The number of hydrogen-bond acceptors (Lipinski definition) is 4. The lowest BCUT2D eigenvalue weighted by atomic mass is 10.0. The van der Waals surface area contributed by atoms with E-state index in [2.05, 4.69) is 11.4 Å². The second-order valence-electron chi connectivity index (χ2n) is 7.44. The molecule has 0 unspecified atom stereocenters. The van der Waals surface area contributed by atoms with Gasteiger partial charge in [0.2, 0.25) is 0 Å². The van der Waals surface area contributed by atoms with E-state index in [1.54, 1.807) is 0 Å². The van der Waals surface area contributed by atoms with Crippen LogP contribution in [0.15, 0.2) is 78.4 Å². The molecule has 152 valence electrons. The van der Waals surface area contributed by atoms with E-state index in [0.717, 1.165) is 21.9 Å². The highest BCUT2D eigenvalue weighted by Gasteiger charge is 2.17. The smallest absolute Gasteiger partial charge is 0.183 e. The molecule has 0 aliphatic heterocycles. The molecule has 0 saturated heterocycles. The van der Waals surface area contributed by atoms with Crippen molar-refractivity contribution in [1.82, 2.24) is 9.97 Å². The van der Waals surface area contributed by atoms with Crippen molar-refractivity contribution >= 4 is 28.2 Å². The number of aromatic nitrogens is 2. The summed E-state index contributed by atoms with van der Waals surface area (Å²) in [7, 11) is 0. The van der Waals surface area contributed by atoms with Crippen LogP contribution in [0.1, 0.15) is 19.5 Å². The Balaban J connectivity index is 1.93. The minimum atomic E-state index is 0.251. The van der Waals surface area contributed by atoms with Crippen LogP contribution in [0.5, 0.6) is 0 Å². The lowest BCUT2D eigenvalue weighted by Gasteiger charge is -2.14. The van der Waals surface area contributed by atoms with E-state index in [4.69, 9.17) is 21.6 Å². The molecule has 0 spiro atoms. The van der Waals surface area contributed by atoms with Gasteiger partial charge in [-0.25, -0.2) is 9.97 Å². The van der Waals surface area contributed by atoms with Crippen LogP contribution in [0, 0.1) is 11.3 Å². The number of fused-ring (bicyclic) bond motifs is 1. The second-order valence-corrected chi connectivity index (χ2v) is 7.84. The molecule has 4 rings (SSSR count). The van der Waals surface area contributed by atoms with Gasteiger partial charge in [0.25, 0.3) is 0 Å². The van der Waals surface area contributed by atoms with Gasteiger partial charge in [0, 0.05) is 28.1 Å². The van der Waals surface area contributed by atoms with Crippen molar-refractivity contribution < 1.29 is 0 Å². The Labute approximate surface area is 186 Å². The standard InChI is InChI=1S/C26H21ClN4/c1-17(2)12-13-29-26-23(16-28)30-25(24(31-26)18-8-4-3-5-9-18)20-14-19-10-6-7-11-21(19)22(27)15-20/h3-12,14-15H,13H2,1-2H3,(H,29,31). The minimum Gasteiger partial charge on any atom is -0.364 e. The van der Waals surface area contributed by atoms with E-state index in [0.29, 0.717) is 28.8 Å². The van der Waals surface area contributed by atoms with Gasteiger partial charge >= 0.3 is 0 Å². The molecule has 31 heavy (non-hydrogen) atoms. The molecule has 0 fully saturated rings. The molecule has 0 saturated carbocycles. The summed E-state index contributed by atoms with van der Waals surface area (Å²) in [6.45, 7) is 4.63. The van der Waals surface area contributed by atoms with Crippen LogP contribution < -0.4 is 5.32 Å². The van der Waals surface area contributed by atoms with Crippen molar-refractivity contribution in [3.05, 3.63) is 89.1 Å². The third kappa shape index (κ3) is 4.42. The van der Waals surface area contributed by atoms with E-state index in [9.17, 15) is 5.26 Å². The van der Waals surface area contributed by atoms with Crippen LogP contribution in [0.2, 0.25) is 5.02 Å². The lowest BCUT2D eigenvalue weighted by Crippen LogP contribution is -2.07. The number of halogens is 1. The molecule has 5 heteroatoms. The van der Waals surface area contributed by atoms with Crippen molar-refractivity contribution in [1.29, 1.82) is 5.26 Å². The zero-order chi connectivity index (χ0) is 21.8. The minimum absolute atomic E-state index is 0.251. The van der Waals surface area contributed by atoms with E-state index < -0.39 is 0 Å². The average molecular weight is 425 g/mol. The quantitative estimate of drug-likeness (QED) is 0.355. The van der Waals surface area contributed by atoms with Gasteiger partial charge in [0.15, 0.2) is 11.5 Å². The first kappa shape index (κ1) is 20.6. The maximum atomic E-state index is 9.75. The van der Waals surface area contributed by atoms with Crippen LogP contribution in [-0.4, -0.2) is 16.5 Å². The third-order valence-electron chi connectivity index (χ3n) is 4.91. The zero-order valence-electron chi connectivity index (χ0n) is 17.4. The van der Waals surface area contributed by atoms with Gasteiger partial charge in [-0.1, -0.05) is 77.8 Å². The molecule has 1 aromatic heterocycles. The molecule has 0 amide bonds. The predicted molar refractivity (Wildman–Crippen MR) is 128 cm³/mol. The first-order valence-corrected chi connectivity index (χ1v) is 10.4. The first-order chi connectivity index (χ1) is 15.1. The van der Waals surface area contributed by atoms with Gasteiger partial charge in [0.1, 0.15) is 6.07 Å². The summed E-state index contributed by atoms with van der Waals surface area (Å²) < 4.78 is 0. The molecule has 0 aliphatic carbocycles. The fraction of sp³-hybridized carbons (Fsp3) is 0.115. The summed E-state index contributed by atoms with van der Waals surface area (Å²) in [5.41, 5.74) is 4.51. The fourth-order valence-electron chi connectivity index (χ4n) is 3.39. The van der Waals surface area contributed by atoms with E-state index >= 15 is 0 Å². The highest BCUT2D eigenvalue weighted by atomic mass is 35.5. The summed E-state index contributed by atoms with van der Waals surface area (Å²) in [6, 6.07) is 23.9. The van der Waals surface area contributed by atoms with Crippen molar-refractivity contribution in [2.75, 3.05) is 11.9 Å². The Morgan fingerprint density at radius 2 is 1.68 bits per heavy atom. The van der Waals surface area contributed by atoms with Crippen molar-refractivity contribution in [3.63, 3.8) is 0 Å². The molecular weight excluding hydrogens is 404 g/mol. The first-order valence-electron chi connectivity index (χ1n) is 10.0. The molecule has 1 N–H and O–H groups in total. The maximum absolute atomic E-state index is 9.75. The van der Waals surface area contributed by atoms with Crippen LogP contribution >= 0.6 is 11.6 Å². The normalized spacial score (nSPS) is 10.5. The van der Waals surface area contributed by atoms with Crippen LogP contribution in [-0.2, 0) is 0 Å². The van der Waals surface area contributed by atoms with Gasteiger partial charge in [-0.2, -0.15) is 5.26 Å². The fourth-order valence-corrected chi connectivity index (χ4v) is 3.68. The number of benzene rings is 3. The molecule has 4 aromatic rings. The van der Waals surface area contributed by atoms with Crippen LogP contribution in [0.25, 0.3) is 33.3 Å². The molecule has 0 bridgehead atoms. The molecule has 0 atom stereocenters. The molecule has 3 aromatic carbocycles. The molecule has 1 heterocycles. The summed E-state index contributed by atoms with van der Waals surface area (Å²) in [5.74, 6) is 0.467. The zero-order valence-corrected chi connectivity index (χ0v) is 18.1. The Hall–Kier alpha value is -3.68. The Morgan fingerprint density at radius 1 is 0.968 bits per heavy atom. The molecule has 0 aliphatic rings. The third-order valence-corrected chi connectivity index (χ3v) is 5.23. The number of allylic oxidation sites excluding steroid dienone is 1. The summed E-state index contributed by atoms with van der Waals surface area (Å²) >= 11 is 6.58. The van der Waals surface area contributed by atoms with Crippen molar-refractivity contribution in [2.24, 2.45) is 0 Å². The molecular formula is C26H21ClN4. The topological polar surface area (TPSA) is 61.6 Å². The second kappa shape index (κ2) is 8.99. The maximum Gasteiger partial charge on any atom is 0.183 e. The van der Waals surface area contributed by atoms with E-state index in [1.165, 1.54) is 5.57 Å². The monoisotopic (exact) mass is 424 g/mol. The Morgan fingerprint density at radius 3 is 2.42 bits per heavy atom. The van der Waals surface area contributed by atoms with Gasteiger partial charge in [-0.3, -0.25) is 0 Å². The van der Waals surface area contributed by atoms with Crippen LogP contribution in [0.4, 0.5) is 5.82 Å². The van der Waals surface area contributed by atoms with Gasteiger partial charge in [-0.15, -0.1) is 0 Å². The largest absolute Gasteiger partial charge is 0.364 e. The lowest BCUT2D eigenvalue weighted by molar-refractivity contribution is 1.13. The Bertz CT molecular complexity index is 1320. The predicted octanol–water partition coefficient (Wildman–Crippen LogP) is 6.87. The Kier molecular flexibility index (Phi) is 5.97. The summed E-state index contributed by atoms with van der Waals surface area (Å²) in [6.07, 6.45) is 2.04. The summed E-state index contributed by atoms with van der Waals surface area (Å²) in [5, 5.41) is 15.6. The number of nitrogens with zero attached hydrogens (tertiary/aromatic N) is 3. The number of nitrogens with one attached hydrogen (secondary N) is 1. The number of rotatable bonds is 5. The SMILES string of the molecule is CC(C)=CCNc1nc(-c2ccccc2)c(-c2cc(Cl)c3ccccc3c2)nc1C#N. The van der Waals surface area contributed by atoms with Gasteiger partial charge in [-0.05, 0) is 31.4 Å². The van der Waals surface area contributed by atoms with Crippen LogP contribution in [0.3, 0.4) is 0 Å². The molecule has 0 radical (unpaired) electrons. The van der Waals surface area contributed by atoms with Crippen molar-refractivity contribution in [2.45, 2.75) is 13.8 Å². The number of anilines is 1. The number of hydrogen-bond donors (Lipinski definition) is 1. The highest BCUT2D eigenvalue weighted by molar-refractivity contribution is 6.36.